The summed E-state index contributed by atoms with van der Waals surface area (Å²) in [4.78, 5) is 24.6. The molecule has 3 aromatic carbocycles. The van der Waals surface area contributed by atoms with E-state index in [4.69, 9.17) is 0 Å². The molecular weight excluding hydrogens is 615 g/mol. The number of benzene rings is 3. The second-order valence-electron chi connectivity index (χ2n) is 6.04. The molecule has 3 aromatic rings. The van der Waals surface area contributed by atoms with Gasteiger partial charge in [-0.05, 0) is 87.6 Å². The Bertz CT molecular complexity index is 1150. The zero-order chi connectivity index (χ0) is 21.7. The highest BCUT2D eigenvalue weighted by Gasteiger charge is 2.12. The number of hydrazone groups is 1. The number of nitrogens with zero attached hydrogens (tertiary/aromatic N) is 1. The molecule has 0 aliphatic carbocycles. The van der Waals surface area contributed by atoms with Crippen molar-refractivity contribution >= 4 is 68.9 Å². The molecule has 0 spiro atoms. The van der Waals surface area contributed by atoms with Gasteiger partial charge in [0.15, 0.2) is 0 Å². The molecule has 0 saturated heterocycles. The lowest BCUT2D eigenvalue weighted by molar-refractivity contribution is 0.0953. The molecular formula is C21H14FI2N3O3. The van der Waals surface area contributed by atoms with Gasteiger partial charge in [-0.2, -0.15) is 5.10 Å². The molecule has 0 heterocycles. The average Bonchev–Trinajstić information content (AvgIpc) is 2.71. The maximum Gasteiger partial charge on any atom is 0.271 e. The van der Waals surface area contributed by atoms with Crippen molar-refractivity contribution in [1.82, 2.24) is 5.43 Å². The van der Waals surface area contributed by atoms with Crippen LogP contribution in [0.5, 0.6) is 5.75 Å². The van der Waals surface area contributed by atoms with E-state index < -0.39 is 17.6 Å². The first-order chi connectivity index (χ1) is 14.3. The van der Waals surface area contributed by atoms with Crippen LogP contribution in [0.4, 0.5) is 10.1 Å². The number of anilines is 1. The van der Waals surface area contributed by atoms with Crippen molar-refractivity contribution in [2.45, 2.75) is 0 Å². The molecule has 0 atom stereocenters. The van der Waals surface area contributed by atoms with Gasteiger partial charge in [0.1, 0.15) is 11.6 Å². The Kier molecular flexibility index (Phi) is 7.37. The van der Waals surface area contributed by atoms with Crippen LogP contribution in [0.15, 0.2) is 65.8 Å². The van der Waals surface area contributed by atoms with Crippen LogP contribution in [0, 0.1) is 13.0 Å². The number of nitrogens with one attached hydrogen (secondary N) is 2. The molecule has 0 unspecified atom stereocenters. The van der Waals surface area contributed by atoms with Crippen LogP contribution in [0.2, 0.25) is 0 Å². The Balaban J connectivity index is 1.69. The number of carbonyl (C=O) groups is 2. The fourth-order valence-electron chi connectivity index (χ4n) is 2.49. The molecule has 0 aliphatic rings. The van der Waals surface area contributed by atoms with Crippen molar-refractivity contribution in [1.29, 1.82) is 0 Å². The molecule has 30 heavy (non-hydrogen) atoms. The predicted octanol–water partition coefficient (Wildman–Crippen LogP) is 4.76. The lowest BCUT2D eigenvalue weighted by atomic mass is 10.1. The van der Waals surface area contributed by atoms with Gasteiger partial charge in [0.25, 0.3) is 11.8 Å². The third kappa shape index (κ3) is 5.53. The van der Waals surface area contributed by atoms with Crippen molar-refractivity contribution < 1.29 is 19.1 Å². The van der Waals surface area contributed by atoms with E-state index in [1.807, 2.05) is 28.7 Å². The normalized spacial score (nSPS) is 10.8. The second kappa shape index (κ2) is 9.98. The van der Waals surface area contributed by atoms with E-state index in [0.717, 1.165) is 3.57 Å². The molecule has 6 nitrogen and oxygen atoms in total. The Labute approximate surface area is 198 Å². The van der Waals surface area contributed by atoms with Gasteiger partial charge in [-0.1, -0.05) is 18.2 Å². The molecule has 9 heteroatoms. The summed E-state index contributed by atoms with van der Waals surface area (Å²) >= 11 is 4.13. The first-order valence-corrected chi connectivity index (χ1v) is 10.7. The van der Waals surface area contributed by atoms with Crippen LogP contribution >= 0.6 is 45.2 Å². The number of rotatable bonds is 5. The molecule has 0 saturated carbocycles. The van der Waals surface area contributed by atoms with Crippen molar-refractivity contribution in [2.24, 2.45) is 5.10 Å². The maximum atomic E-state index is 13.7. The van der Waals surface area contributed by atoms with Crippen LogP contribution in [0.3, 0.4) is 0 Å². The molecule has 0 bridgehead atoms. The third-order valence-corrected chi connectivity index (χ3v) is 5.37. The summed E-state index contributed by atoms with van der Waals surface area (Å²) in [5.74, 6) is -1.68. The van der Waals surface area contributed by atoms with Crippen LogP contribution in [0.25, 0.3) is 0 Å². The van der Waals surface area contributed by atoms with E-state index >= 15 is 0 Å². The van der Waals surface area contributed by atoms with E-state index in [1.165, 1.54) is 30.5 Å². The highest BCUT2D eigenvalue weighted by molar-refractivity contribution is 14.1. The number of hydrogen-bond donors (Lipinski definition) is 3. The summed E-state index contributed by atoms with van der Waals surface area (Å²) < 4.78 is 15.3. The fourth-order valence-corrected chi connectivity index (χ4v) is 4.38. The Morgan fingerprint density at radius 3 is 2.53 bits per heavy atom. The number of phenolic OH excluding ortho intramolecular Hbond substituents is 1. The minimum absolute atomic E-state index is 0.0758. The Morgan fingerprint density at radius 1 is 1.00 bits per heavy atom. The smallest absolute Gasteiger partial charge is 0.271 e. The van der Waals surface area contributed by atoms with Gasteiger partial charge in [0.2, 0.25) is 0 Å². The number of hydrogen-bond acceptors (Lipinski definition) is 4. The molecule has 3 N–H and O–H groups in total. The summed E-state index contributed by atoms with van der Waals surface area (Å²) in [6, 6.07) is 15.3. The Morgan fingerprint density at radius 2 is 1.77 bits per heavy atom. The number of phenols is 1. The van der Waals surface area contributed by atoms with Gasteiger partial charge in [-0.15, -0.1) is 0 Å². The van der Waals surface area contributed by atoms with E-state index in [0.29, 0.717) is 14.8 Å². The summed E-state index contributed by atoms with van der Waals surface area (Å²) in [5.41, 5.74) is 3.34. The molecule has 0 radical (unpaired) electrons. The van der Waals surface area contributed by atoms with Crippen molar-refractivity contribution in [3.63, 3.8) is 0 Å². The molecule has 0 aromatic heterocycles. The molecule has 2 amide bonds. The number of amides is 2. The van der Waals surface area contributed by atoms with Crippen LogP contribution in [-0.4, -0.2) is 23.1 Å². The monoisotopic (exact) mass is 629 g/mol. The zero-order valence-corrected chi connectivity index (χ0v) is 19.5. The van der Waals surface area contributed by atoms with Gasteiger partial charge in [0.05, 0.1) is 15.3 Å². The minimum atomic E-state index is -0.633. The molecule has 0 fully saturated rings. The third-order valence-electron chi connectivity index (χ3n) is 3.93. The zero-order valence-electron chi connectivity index (χ0n) is 15.2. The van der Waals surface area contributed by atoms with Crippen LogP contribution in [-0.2, 0) is 0 Å². The van der Waals surface area contributed by atoms with E-state index in [-0.39, 0.29) is 16.9 Å². The molecule has 0 aliphatic heterocycles. The number of halogens is 3. The minimum Gasteiger partial charge on any atom is -0.506 e. The van der Waals surface area contributed by atoms with Gasteiger partial charge in [0, 0.05) is 20.4 Å². The lowest BCUT2D eigenvalue weighted by Crippen LogP contribution is -2.18. The van der Waals surface area contributed by atoms with E-state index in [2.05, 4.69) is 38.4 Å². The summed E-state index contributed by atoms with van der Waals surface area (Å²) in [5, 5.41) is 16.5. The van der Waals surface area contributed by atoms with Crippen molar-refractivity contribution in [3.05, 3.63) is 90.3 Å². The fraction of sp³-hybridized carbons (Fsp3) is 0. The first-order valence-electron chi connectivity index (χ1n) is 8.52. The largest absolute Gasteiger partial charge is 0.506 e. The summed E-state index contributed by atoms with van der Waals surface area (Å²) in [6.07, 6.45) is 1.35. The number of aromatic hydroxyl groups is 1. The quantitative estimate of drug-likeness (QED) is 0.216. The molecule has 3 rings (SSSR count). The van der Waals surface area contributed by atoms with E-state index in [1.54, 1.807) is 30.3 Å². The van der Waals surface area contributed by atoms with E-state index in [9.17, 15) is 19.1 Å². The highest BCUT2D eigenvalue weighted by Crippen LogP contribution is 2.25. The predicted molar refractivity (Wildman–Crippen MR) is 129 cm³/mol. The van der Waals surface area contributed by atoms with Gasteiger partial charge in [-0.25, -0.2) is 9.82 Å². The maximum absolute atomic E-state index is 13.7. The van der Waals surface area contributed by atoms with Crippen LogP contribution < -0.4 is 10.7 Å². The van der Waals surface area contributed by atoms with Crippen molar-refractivity contribution in [2.75, 3.05) is 5.32 Å². The Hall–Kier alpha value is -2.54. The summed E-state index contributed by atoms with van der Waals surface area (Å²) in [7, 11) is 0. The van der Waals surface area contributed by atoms with Crippen molar-refractivity contribution in [3.8, 4) is 5.75 Å². The second-order valence-corrected chi connectivity index (χ2v) is 8.45. The SMILES string of the molecule is O=C(N/N=C/c1cc(I)cc(I)c1O)c1cccc(NC(=O)c2ccccc2F)c1. The number of carbonyl (C=O) groups excluding carboxylic acids is 2. The highest BCUT2D eigenvalue weighted by atomic mass is 127. The standard InChI is InChI=1S/C21H14FI2N3O3/c22-17-7-2-1-6-16(17)21(30)26-15-5-3-4-12(9-15)20(29)27-25-11-13-8-14(23)10-18(24)19(13)28/h1-11,28H,(H,26,30)(H,27,29)/b25-11+. The molecule has 152 valence electrons. The van der Waals surface area contributed by atoms with Gasteiger partial charge < -0.3 is 10.4 Å². The topological polar surface area (TPSA) is 90.8 Å². The summed E-state index contributed by atoms with van der Waals surface area (Å²) in [6.45, 7) is 0. The first kappa shape index (κ1) is 22.2. The average molecular weight is 629 g/mol. The van der Waals surface area contributed by atoms with Crippen LogP contribution in [0.1, 0.15) is 26.3 Å². The lowest BCUT2D eigenvalue weighted by Gasteiger charge is -2.08. The van der Waals surface area contributed by atoms with Gasteiger partial charge in [-0.3, -0.25) is 9.59 Å². The van der Waals surface area contributed by atoms with Gasteiger partial charge >= 0.3 is 0 Å².